The van der Waals surface area contributed by atoms with Gasteiger partial charge in [0.2, 0.25) is 5.91 Å². The zero-order valence-electron chi connectivity index (χ0n) is 18.9. The number of hydrogen-bond acceptors (Lipinski definition) is 3. The number of nitrogens with one attached hydrogen (secondary N) is 2. The fraction of sp³-hybridized carbons (Fsp3) is 0.667. The van der Waals surface area contributed by atoms with Crippen LogP contribution in [0.3, 0.4) is 0 Å². The summed E-state index contributed by atoms with van der Waals surface area (Å²) in [5.74, 6) is 1.92. The third-order valence-corrected chi connectivity index (χ3v) is 6.39. The van der Waals surface area contributed by atoms with Crippen molar-refractivity contribution in [3.05, 3.63) is 35.9 Å². The van der Waals surface area contributed by atoms with E-state index < -0.39 is 0 Å². The Balaban J connectivity index is 1.67. The molecule has 6 heteroatoms. The van der Waals surface area contributed by atoms with Crippen molar-refractivity contribution in [3.63, 3.8) is 0 Å². The zero-order chi connectivity index (χ0) is 21.3. The Kier molecular flexibility index (Phi) is 8.55. The molecule has 2 atom stereocenters. The van der Waals surface area contributed by atoms with Crippen LogP contribution in [0.2, 0.25) is 0 Å². The molecule has 0 aliphatic carbocycles. The molecule has 2 saturated heterocycles. The molecule has 6 nitrogen and oxygen atoms in total. The number of carbonyl (C=O) groups excluding carboxylic acids is 1. The van der Waals surface area contributed by atoms with Crippen LogP contribution in [0.15, 0.2) is 35.3 Å². The standard InChI is InChI=1S/C24H39N5O/c1-4-23(30)29-16-13-21(18-29)27-24(25-5-2)26-17-22(20-9-7-6-8-10-20)28-14-11-19(3)12-15-28/h6-10,19,21-22H,4-5,11-18H2,1-3H3,(H2,25,26,27). The molecule has 0 spiro atoms. The topological polar surface area (TPSA) is 60.0 Å². The van der Waals surface area contributed by atoms with Gasteiger partial charge in [0.15, 0.2) is 5.96 Å². The van der Waals surface area contributed by atoms with Gasteiger partial charge in [0.05, 0.1) is 12.6 Å². The lowest BCUT2D eigenvalue weighted by Crippen LogP contribution is -2.45. The molecule has 2 fully saturated rings. The average Bonchev–Trinajstić information content (AvgIpc) is 3.24. The number of aliphatic imine (C=N–C) groups is 1. The SMILES string of the molecule is CCNC(=NCC(c1ccccc1)N1CCC(C)CC1)NC1CCN(C(=O)CC)C1. The van der Waals surface area contributed by atoms with Crippen molar-refractivity contribution in [2.45, 2.75) is 58.5 Å². The van der Waals surface area contributed by atoms with E-state index in [1.165, 1.54) is 18.4 Å². The van der Waals surface area contributed by atoms with Crippen LogP contribution in [0.25, 0.3) is 0 Å². The maximum Gasteiger partial charge on any atom is 0.222 e. The minimum absolute atomic E-state index is 0.240. The van der Waals surface area contributed by atoms with Crippen LogP contribution in [-0.4, -0.2) is 67.0 Å². The van der Waals surface area contributed by atoms with Crippen molar-refractivity contribution in [3.8, 4) is 0 Å². The fourth-order valence-electron chi connectivity index (χ4n) is 4.47. The van der Waals surface area contributed by atoms with Gasteiger partial charge in [-0.05, 0) is 50.8 Å². The smallest absolute Gasteiger partial charge is 0.222 e. The van der Waals surface area contributed by atoms with Crippen molar-refractivity contribution in [1.82, 2.24) is 20.4 Å². The monoisotopic (exact) mass is 413 g/mol. The van der Waals surface area contributed by atoms with Crippen LogP contribution in [0.5, 0.6) is 0 Å². The summed E-state index contributed by atoms with van der Waals surface area (Å²) >= 11 is 0. The number of benzene rings is 1. The van der Waals surface area contributed by atoms with E-state index >= 15 is 0 Å². The number of piperidine rings is 1. The van der Waals surface area contributed by atoms with Crippen molar-refractivity contribution < 1.29 is 4.79 Å². The quantitative estimate of drug-likeness (QED) is 0.533. The number of nitrogens with zero attached hydrogens (tertiary/aromatic N) is 3. The van der Waals surface area contributed by atoms with Crippen LogP contribution < -0.4 is 10.6 Å². The molecule has 2 unspecified atom stereocenters. The van der Waals surface area contributed by atoms with Crippen molar-refractivity contribution in [1.29, 1.82) is 0 Å². The average molecular weight is 414 g/mol. The van der Waals surface area contributed by atoms with Gasteiger partial charge < -0.3 is 15.5 Å². The maximum absolute atomic E-state index is 12.0. The summed E-state index contributed by atoms with van der Waals surface area (Å²) in [5, 5.41) is 6.97. The summed E-state index contributed by atoms with van der Waals surface area (Å²) in [4.78, 5) is 21.5. The largest absolute Gasteiger partial charge is 0.357 e. The van der Waals surface area contributed by atoms with Crippen LogP contribution in [0, 0.1) is 5.92 Å². The molecule has 2 heterocycles. The van der Waals surface area contributed by atoms with Gasteiger partial charge in [-0.25, -0.2) is 0 Å². The van der Waals surface area contributed by atoms with Gasteiger partial charge in [-0.3, -0.25) is 14.7 Å². The van der Waals surface area contributed by atoms with E-state index in [9.17, 15) is 4.79 Å². The number of rotatable bonds is 7. The molecule has 1 aromatic rings. The molecule has 166 valence electrons. The van der Waals surface area contributed by atoms with E-state index in [0.717, 1.165) is 57.6 Å². The Morgan fingerprint density at radius 2 is 1.87 bits per heavy atom. The van der Waals surface area contributed by atoms with Crippen molar-refractivity contribution in [2.75, 3.05) is 39.3 Å². The van der Waals surface area contributed by atoms with Crippen LogP contribution in [0.1, 0.15) is 58.1 Å². The summed E-state index contributed by atoms with van der Waals surface area (Å²) in [6, 6.07) is 11.4. The zero-order valence-corrected chi connectivity index (χ0v) is 18.9. The molecule has 3 rings (SSSR count). The van der Waals surface area contributed by atoms with Gasteiger partial charge in [-0.15, -0.1) is 0 Å². The highest BCUT2D eigenvalue weighted by molar-refractivity contribution is 5.80. The van der Waals surface area contributed by atoms with Gasteiger partial charge in [-0.2, -0.15) is 0 Å². The maximum atomic E-state index is 12.0. The Hall–Kier alpha value is -2.08. The van der Waals surface area contributed by atoms with Crippen LogP contribution >= 0.6 is 0 Å². The number of amides is 1. The number of hydrogen-bond donors (Lipinski definition) is 2. The summed E-state index contributed by atoms with van der Waals surface area (Å²) in [6.45, 7) is 11.8. The Labute approximate surface area is 182 Å². The minimum atomic E-state index is 0.240. The molecule has 0 saturated carbocycles. The number of guanidine groups is 1. The van der Waals surface area contributed by atoms with Crippen LogP contribution in [-0.2, 0) is 4.79 Å². The third kappa shape index (κ3) is 6.21. The second-order valence-corrected chi connectivity index (χ2v) is 8.69. The first-order valence-electron chi connectivity index (χ1n) is 11.7. The summed E-state index contributed by atoms with van der Waals surface area (Å²) in [6.07, 6.45) is 4.07. The van der Waals surface area contributed by atoms with E-state index in [2.05, 4.69) is 59.7 Å². The minimum Gasteiger partial charge on any atom is -0.357 e. The van der Waals surface area contributed by atoms with Crippen molar-refractivity contribution >= 4 is 11.9 Å². The van der Waals surface area contributed by atoms with Gasteiger partial charge in [0.25, 0.3) is 0 Å². The summed E-state index contributed by atoms with van der Waals surface area (Å²) in [7, 11) is 0. The lowest BCUT2D eigenvalue weighted by molar-refractivity contribution is -0.129. The Bertz CT molecular complexity index is 684. The first-order chi connectivity index (χ1) is 14.6. The highest BCUT2D eigenvalue weighted by Crippen LogP contribution is 2.27. The highest BCUT2D eigenvalue weighted by atomic mass is 16.2. The number of likely N-dealkylation sites (tertiary alicyclic amines) is 2. The lowest BCUT2D eigenvalue weighted by atomic mass is 9.96. The molecular formula is C24H39N5O. The molecule has 1 aromatic carbocycles. The Morgan fingerprint density at radius 3 is 2.53 bits per heavy atom. The molecule has 2 aliphatic rings. The van der Waals surface area contributed by atoms with Gasteiger partial charge in [-0.1, -0.05) is 44.2 Å². The molecule has 30 heavy (non-hydrogen) atoms. The molecule has 0 radical (unpaired) electrons. The molecule has 0 bridgehead atoms. The van der Waals surface area contributed by atoms with E-state index in [-0.39, 0.29) is 11.9 Å². The fourth-order valence-corrected chi connectivity index (χ4v) is 4.47. The third-order valence-electron chi connectivity index (χ3n) is 6.39. The predicted octanol–water partition coefficient (Wildman–Crippen LogP) is 3.03. The first kappa shape index (κ1) is 22.6. The Morgan fingerprint density at radius 1 is 1.13 bits per heavy atom. The van der Waals surface area contributed by atoms with Gasteiger partial charge >= 0.3 is 0 Å². The lowest BCUT2D eigenvalue weighted by Gasteiger charge is -2.36. The van der Waals surface area contributed by atoms with Gasteiger partial charge in [0, 0.05) is 32.1 Å². The van der Waals surface area contributed by atoms with E-state index in [1.54, 1.807) is 0 Å². The predicted molar refractivity (Wildman–Crippen MR) is 124 cm³/mol. The first-order valence-corrected chi connectivity index (χ1v) is 11.7. The molecular weight excluding hydrogens is 374 g/mol. The summed E-state index contributed by atoms with van der Waals surface area (Å²) < 4.78 is 0. The molecule has 1 amide bonds. The van der Waals surface area contributed by atoms with Gasteiger partial charge in [0.1, 0.15) is 0 Å². The van der Waals surface area contributed by atoms with E-state index in [1.807, 2.05) is 11.8 Å². The second kappa shape index (κ2) is 11.3. The summed E-state index contributed by atoms with van der Waals surface area (Å²) in [5.41, 5.74) is 1.34. The van der Waals surface area contributed by atoms with E-state index in [4.69, 9.17) is 4.99 Å². The molecule has 2 aliphatic heterocycles. The number of carbonyl (C=O) groups is 1. The highest BCUT2D eigenvalue weighted by Gasteiger charge is 2.27. The molecule has 0 aromatic heterocycles. The van der Waals surface area contributed by atoms with Crippen molar-refractivity contribution in [2.24, 2.45) is 10.9 Å². The van der Waals surface area contributed by atoms with Crippen LogP contribution in [0.4, 0.5) is 0 Å². The normalized spacial score (nSPS) is 22.2. The molecule has 2 N–H and O–H groups in total. The van der Waals surface area contributed by atoms with E-state index in [0.29, 0.717) is 12.5 Å². The second-order valence-electron chi connectivity index (χ2n) is 8.69.